The molecule has 6 heteroatoms. The topological polar surface area (TPSA) is 72.2 Å². The molecule has 1 aliphatic rings. The number of carbonyl (C=O) groups is 1. The summed E-state index contributed by atoms with van der Waals surface area (Å²) in [4.78, 5) is 27.2. The number of aryl methyl sites for hydroxylation is 1. The fraction of sp³-hybridized carbons (Fsp3) is 0.182. The van der Waals surface area contributed by atoms with E-state index in [0.717, 1.165) is 16.3 Å². The molecule has 2 aromatic rings. The normalized spacial score (nSPS) is 13.9. The zero-order valence-corrected chi connectivity index (χ0v) is 9.53. The highest BCUT2D eigenvalue weighted by Gasteiger charge is 2.19. The van der Waals surface area contributed by atoms with E-state index in [4.69, 9.17) is 5.11 Å². The molecule has 0 unspecified atom stereocenters. The predicted molar refractivity (Wildman–Crippen MR) is 63.7 cm³/mol. The summed E-state index contributed by atoms with van der Waals surface area (Å²) in [5.41, 5.74) is 0.134. The second kappa shape index (κ2) is 3.59. The fourth-order valence-corrected chi connectivity index (χ4v) is 2.98. The predicted octanol–water partition coefficient (Wildman–Crippen LogP) is 1.20. The third-order valence-electron chi connectivity index (χ3n) is 2.75. The quantitative estimate of drug-likeness (QED) is 0.821. The van der Waals surface area contributed by atoms with Gasteiger partial charge in [0.1, 0.15) is 10.6 Å². The van der Waals surface area contributed by atoms with Crippen molar-refractivity contribution in [3.05, 3.63) is 34.2 Å². The highest BCUT2D eigenvalue weighted by atomic mass is 32.2. The number of carboxylic acids is 1. The first-order valence-corrected chi connectivity index (χ1v) is 6.05. The van der Waals surface area contributed by atoms with Crippen molar-refractivity contribution in [3.63, 3.8) is 0 Å². The summed E-state index contributed by atoms with van der Waals surface area (Å²) in [5.74, 6) is -0.349. The molecule has 0 atom stereocenters. The molecule has 0 radical (unpaired) electrons. The smallest absolute Gasteiger partial charge is 0.341 e. The lowest BCUT2D eigenvalue weighted by Gasteiger charge is -2.18. The van der Waals surface area contributed by atoms with Crippen molar-refractivity contribution in [3.8, 4) is 0 Å². The number of aromatic carboxylic acids is 1. The fourth-order valence-electron chi connectivity index (χ4n) is 1.99. The van der Waals surface area contributed by atoms with Crippen molar-refractivity contribution in [1.82, 2.24) is 9.55 Å². The average Bonchev–Trinajstić information content (AvgIpc) is 2.33. The van der Waals surface area contributed by atoms with Crippen LogP contribution < -0.4 is 5.43 Å². The van der Waals surface area contributed by atoms with E-state index in [1.54, 1.807) is 28.6 Å². The largest absolute Gasteiger partial charge is 0.477 e. The van der Waals surface area contributed by atoms with Gasteiger partial charge in [0.2, 0.25) is 5.43 Å². The Morgan fingerprint density at radius 3 is 3.12 bits per heavy atom. The molecule has 5 nitrogen and oxygen atoms in total. The van der Waals surface area contributed by atoms with Crippen LogP contribution in [0.2, 0.25) is 0 Å². The number of carboxylic acid groups (broad SMARTS) is 1. The van der Waals surface area contributed by atoms with Crippen LogP contribution in [0.25, 0.3) is 10.9 Å². The van der Waals surface area contributed by atoms with Crippen LogP contribution in [-0.2, 0) is 6.54 Å². The van der Waals surface area contributed by atoms with Gasteiger partial charge in [-0.1, -0.05) is 0 Å². The lowest BCUT2D eigenvalue weighted by atomic mass is 10.1. The van der Waals surface area contributed by atoms with Crippen molar-refractivity contribution in [2.75, 3.05) is 5.75 Å². The van der Waals surface area contributed by atoms with E-state index in [2.05, 4.69) is 4.98 Å². The molecule has 2 aromatic heterocycles. The minimum absolute atomic E-state index is 0.179. The van der Waals surface area contributed by atoms with Crippen LogP contribution in [0.5, 0.6) is 0 Å². The number of hydrogen-bond donors (Lipinski definition) is 1. The first-order chi connectivity index (χ1) is 8.18. The Morgan fingerprint density at radius 1 is 1.53 bits per heavy atom. The van der Waals surface area contributed by atoms with Crippen LogP contribution in [0.1, 0.15) is 10.4 Å². The number of rotatable bonds is 1. The molecule has 17 heavy (non-hydrogen) atoms. The van der Waals surface area contributed by atoms with Gasteiger partial charge >= 0.3 is 5.97 Å². The van der Waals surface area contributed by atoms with Crippen molar-refractivity contribution in [2.24, 2.45) is 0 Å². The standard InChI is InChI=1S/C11H8N2O3S/c14-9-6-1-2-12-10-8(6)13(3-4-17-10)5-7(9)11(15)16/h1-2,5H,3-4H2,(H,15,16). The van der Waals surface area contributed by atoms with Gasteiger partial charge in [0.15, 0.2) is 0 Å². The maximum Gasteiger partial charge on any atom is 0.341 e. The average molecular weight is 248 g/mol. The number of aromatic nitrogens is 2. The van der Waals surface area contributed by atoms with Gasteiger partial charge in [-0.3, -0.25) is 4.79 Å². The summed E-state index contributed by atoms with van der Waals surface area (Å²) < 4.78 is 1.80. The molecule has 3 heterocycles. The molecular formula is C11H8N2O3S. The minimum atomic E-state index is -1.18. The van der Waals surface area contributed by atoms with Crippen LogP contribution in [0.15, 0.2) is 28.3 Å². The number of hydrogen-bond acceptors (Lipinski definition) is 4. The van der Waals surface area contributed by atoms with Gasteiger partial charge in [0.05, 0.1) is 10.9 Å². The van der Waals surface area contributed by atoms with Gasteiger partial charge in [-0.2, -0.15) is 0 Å². The molecule has 0 saturated heterocycles. The first kappa shape index (κ1) is 10.3. The summed E-state index contributed by atoms with van der Waals surface area (Å²) >= 11 is 1.59. The van der Waals surface area contributed by atoms with E-state index in [9.17, 15) is 9.59 Å². The van der Waals surface area contributed by atoms with Gasteiger partial charge in [-0.05, 0) is 6.07 Å². The summed E-state index contributed by atoms with van der Waals surface area (Å²) in [5, 5.41) is 10.2. The number of nitrogens with zero attached hydrogens (tertiary/aromatic N) is 2. The van der Waals surface area contributed by atoms with E-state index in [0.29, 0.717) is 11.9 Å². The summed E-state index contributed by atoms with van der Waals surface area (Å²) in [6.07, 6.45) is 2.96. The van der Waals surface area contributed by atoms with E-state index in [1.807, 2.05) is 0 Å². The molecule has 3 rings (SSSR count). The lowest BCUT2D eigenvalue weighted by Crippen LogP contribution is -2.21. The molecule has 0 fully saturated rings. The zero-order chi connectivity index (χ0) is 12.0. The van der Waals surface area contributed by atoms with Crippen LogP contribution in [0.4, 0.5) is 0 Å². The Labute approximate surface area is 100 Å². The Bertz CT molecular complexity index is 693. The first-order valence-electron chi connectivity index (χ1n) is 5.07. The molecule has 0 bridgehead atoms. The third-order valence-corrected chi connectivity index (χ3v) is 3.71. The maximum absolute atomic E-state index is 12.0. The van der Waals surface area contributed by atoms with Gasteiger partial charge in [-0.15, -0.1) is 11.8 Å². The highest BCUT2D eigenvalue weighted by Crippen LogP contribution is 2.28. The Morgan fingerprint density at radius 2 is 2.35 bits per heavy atom. The Balaban J connectivity index is 2.51. The maximum atomic E-state index is 12.0. The molecule has 0 amide bonds. The zero-order valence-electron chi connectivity index (χ0n) is 8.71. The second-order valence-electron chi connectivity index (χ2n) is 3.73. The van der Waals surface area contributed by atoms with E-state index < -0.39 is 11.4 Å². The van der Waals surface area contributed by atoms with Gasteiger partial charge < -0.3 is 9.67 Å². The third kappa shape index (κ3) is 1.44. The molecular weight excluding hydrogens is 240 g/mol. The molecule has 1 aliphatic heterocycles. The Hall–Kier alpha value is -1.82. The molecule has 0 spiro atoms. The van der Waals surface area contributed by atoms with Crippen LogP contribution >= 0.6 is 11.8 Å². The lowest BCUT2D eigenvalue weighted by molar-refractivity contribution is 0.0695. The van der Waals surface area contributed by atoms with Gasteiger partial charge in [0, 0.05) is 24.7 Å². The van der Waals surface area contributed by atoms with E-state index in [1.165, 1.54) is 6.20 Å². The summed E-state index contributed by atoms with van der Waals surface area (Å²) in [6, 6.07) is 1.58. The number of thioether (sulfide) groups is 1. The van der Waals surface area contributed by atoms with Crippen molar-refractivity contribution >= 4 is 28.6 Å². The van der Waals surface area contributed by atoms with Crippen LogP contribution in [-0.4, -0.2) is 26.4 Å². The van der Waals surface area contributed by atoms with Crippen molar-refractivity contribution < 1.29 is 9.90 Å². The van der Waals surface area contributed by atoms with Crippen LogP contribution in [0, 0.1) is 0 Å². The molecule has 0 aromatic carbocycles. The van der Waals surface area contributed by atoms with Crippen LogP contribution in [0.3, 0.4) is 0 Å². The summed E-state index contributed by atoms with van der Waals surface area (Å²) in [7, 11) is 0. The van der Waals surface area contributed by atoms with Crippen molar-refractivity contribution in [2.45, 2.75) is 11.6 Å². The Kier molecular flexibility index (Phi) is 2.19. The second-order valence-corrected chi connectivity index (χ2v) is 4.81. The monoisotopic (exact) mass is 248 g/mol. The SMILES string of the molecule is O=C(O)c1cn2c3c(nccc3c1=O)SCC2. The molecule has 86 valence electrons. The van der Waals surface area contributed by atoms with Crippen molar-refractivity contribution in [1.29, 1.82) is 0 Å². The highest BCUT2D eigenvalue weighted by molar-refractivity contribution is 7.99. The molecule has 0 aliphatic carbocycles. The van der Waals surface area contributed by atoms with Gasteiger partial charge in [0.25, 0.3) is 0 Å². The van der Waals surface area contributed by atoms with E-state index in [-0.39, 0.29) is 5.56 Å². The van der Waals surface area contributed by atoms with E-state index >= 15 is 0 Å². The summed E-state index contributed by atoms with van der Waals surface area (Å²) in [6.45, 7) is 0.695. The molecule has 0 saturated carbocycles. The number of pyridine rings is 2. The molecule has 1 N–H and O–H groups in total. The van der Waals surface area contributed by atoms with Gasteiger partial charge in [-0.25, -0.2) is 9.78 Å². The minimum Gasteiger partial charge on any atom is -0.477 e.